The van der Waals surface area contributed by atoms with Crippen molar-refractivity contribution in [1.82, 2.24) is 0 Å². The summed E-state index contributed by atoms with van der Waals surface area (Å²) < 4.78 is 53.1. The Bertz CT molecular complexity index is 3230. The van der Waals surface area contributed by atoms with Crippen LogP contribution in [0.3, 0.4) is 0 Å². The molecule has 0 saturated carbocycles. The number of benzene rings is 6. The molecule has 0 unspecified atom stereocenters. The van der Waals surface area contributed by atoms with Crippen molar-refractivity contribution >= 4 is 45.7 Å². The van der Waals surface area contributed by atoms with E-state index in [1.807, 2.05) is 14.2 Å². The number of hydrogen-bond acceptors (Lipinski definition) is 8. The fourth-order valence-corrected chi connectivity index (χ4v) is 19.3. The van der Waals surface area contributed by atoms with Gasteiger partial charge in [-0.3, -0.25) is 0 Å². The van der Waals surface area contributed by atoms with Crippen LogP contribution in [0.15, 0.2) is 72.8 Å². The van der Waals surface area contributed by atoms with Crippen LogP contribution in [-0.2, 0) is 58.9 Å². The first-order valence-corrected chi connectivity index (χ1v) is 34.7. The van der Waals surface area contributed by atoms with E-state index in [4.69, 9.17) is 53.5 Å². The zero-order valence-corrected chi connectivity index (χ0v) is 59.7. The molecule has 2 aliphatic heterocycles. The summed E-state index contributed by atoms with van der Waals surface area (Å²) in [5, 5.41) is 6.48. The molecule has 466 valence electrons. The maximum absolute atomic E-state index is 8.30. The minimum absolute atomic E-state index is 0.0347. The van der Waals surface area contributed by atoms with E-state index < -0.39 is 13.9 Å². The molecule has 0 saturated heterocycles. The Kier molecular flexibility index (Phi) is 17.6. The minimum atomic E-state index is -3.88. The Balaban J connectivity index is 1.69. The van der Waals surface area contributed by atoms with E-state index in [9.17, 15) is 0 Å². The summed E-state index contributed by atoms with van der Waals surface area (Å²) in [5.41, 5.74) is 8.05. The second kappa shape index (κ2) is 22.6. The first-order chi connectivity index (χ1) is 38.9. The second-order valence-corrected chi connectivity index (χ2v) is 38.9. The predicted octanol–water partition coefficient (Wildman–Crippen LogP) is 16.5. The van der Waals surface area contributed by atoms with Crippen LogP contribution in [-0.4, -0.2) is 42.0 Å². The monoisotopic (exact) mass is 1240 g/mol. The zero-order valence-electron chi connectivity index (χ0n) is 56.9. The molecule has 2 heterocycles. The van der Waals surface area contributed by atoms with Gasteiger partial charge in [-0.15, -0.1) is 0 Å². The molecule has 85 heavy (non-hydrogen) atoms. The molecule has 2 aliphatic rings. The van der Waals surface area contributed by atoms with Gasteiger partial charge in [-0.05, 0) is 0 Å². The molecule has 11 heteroatoms. The molecule has 0 fully saturated rings. The van der Waals surface area contributed by atoms with Gasteiger partial charge < -0.3 is 0 Å². The average Bonchev–Trinajstić information content (AvgIpc) is 1.59. The summed E-state index contributed by atoms with van der Waals surface area (Å²) in [7, 11) is 5.68. The third-order valence-corrected chi connectivity index (χ3v) is 24.8. The number of ether oxygens (including phenoxy) is 8. The molecule has 0 aliphatic carbocycles. The van der Waals surface area contributed by atoms with Crippen LogP contribution in [0.5, 0.6) is 46.0 Å². The molecule has 0 atom stereocenters. The van der Waals surface area contributed by atoms with Crippen molar-refractivity contribution in [1.29, 1.82) is 0 Å². The van der Waals surface area contributed by atoms with Gasteiger partial charge in [0.2, 0.25) is 0 Å². The van der Waals surface area contributed by atoms with Crippen LogP contribution in [0.1, 0.15) is 211 Å². The van der Waals surface area contributed by atoms with Crippen molar-refractivity contribution in [3.05, 3.63) is 117 Å². The topological polar surface area (TPSA) is 73.8 Å². The first kappa shape index (κ1) is 66.1. The normalized spacial score (nSPS) is 14.5. The molecule has 8 rings (SSSR count). The standard InChI is InChI=1S/C74H100O8P2.Cu/c1-67(2,3)47-33-43(34-48(61(47)75-25)68(4,5)6)83(44-35-49(69(7,8)9)62(76-26)50(36-44)70(10,11)12)57-31-29-55-65(81-41-79-55)59(57)60-58(32-30-56-66(60)82-42-80-56)84(45-37-51(71(13,14)15)63(77-27)52(38-45)72(16,17)18)46-39-53(73(19,20)21)64(78-28)54(40-46)74(22,23)24;/h29-40H,41-42H2,1-28H3;/q;-1/p+1. The molecule has 0 radical (unpaired) electrons. The molecular formula is C74H101CuO8P2. The molecule has 0 amide bonds. The predicted molar refractivity (Wildman–Crippen MR) is 359 cm³/mol. The molecule has 8 nitrogen and oxygen atoms in total. The van der Waals surface area contributed by atoms with Gasteiger partial charge in [0.15, 0.2) is 0 Å². The van der Waals surface area contributed by atoms with Gasteiger partial charge in [0.25, 0.3) is 0 Å². The maximum atomic E-state index is 8.30. The zero-order chi connectivity index (χ0) is 63.5. The first-order valence-electron chi connectivity index (χ1n) is 30.2. The van der Waals surface area contributed by atoms with Gasteiger partial charge in [-0.1, -0.05) is 0 Å². The van der Waals surface area contributed by atoms with Gasteiger partial charge in [0.05, 0.1) is 0 Å². The Morgan fingerprint density at radius 1 is 0.353 bits per heavy atom. The number of hydrogen-bond donors (Lipinski definition) is 0. The van der Waals surface area contributed by atoms with Crippen LogP contribution >= 0.6 is 13.9 Å². The van der Waals surface area contributed by atoms with E-state index in [0.717, 1.165) is 99.9 Å². The van der Waals surface area contributed by atoms with Crippen molar-refractivity contribution in [3.8, 4) is 57.1 Å². The second-order valence-electron chi connectivity index (χ2n) is 31.7. The van der Waals surface area contributed by atoms with Gasteiger partial charge in [0.1, 0.15) is 0 Å². The molecule has 0 N–H and O–H groups in total. The molecule has 0 aromatic heterocycles. The summed E-state index contributed by atoms with van der Waals surface area (Å²) in [6.45, 7) is 54.7. The van der Waals surface area contributed by atoms with E-state index >= 15 is 0 Å². The van der Waals surface area contributed by atoms with Crippen molar-refractivity contribution in [2.75, 3.05) is 42.0 Å². The van der Waals surface area contributed by atoms with E-state index in [1.54, 1.807) is 14.2 Å². The number of methoxy groups -OCH3 is 4. The van der Waals surface area contributed by atoms with Crippen molar-refractivity contribution in [2.45, 2.75) is 209 Å². The van der Waals surface area contributed by atoms with Crippen molar-refractivity contribution in [3.63, 3.8) is 0 Å². The fourth-order valence-electron chi connectivity index (χ4n) is 12.2. The Hall–Kier alpha value is -4.90. The van der Waals surface area contributed by atoms with Gasteiger partial charge in [-0.2, -0.15) is 0 Å². The molecule has 6 aromatic rings. The Labute approximate surface area is 522 Å². The summed E-state index contributed by atoms with van der Waals surface area (Å²) in [6, 6.07) is 27.9. The van der Waals surface area contributed by atoms with Crippen molar-refractivity contribution in [2.24, 2.45) is 0 Å². The van der Waals surface area contributed by atoms with Crippen LogP contribution in [0.25, 0.3) is 11.1 Å². The van der Waals surface area contributed by atoms with Crippen LogP contribution < -0.4 is 69.7 Å². The third kappa shape index (κ3) is 12.4. The van der Waals surface area contributed by atoms with Gasteiger partial charge >= 0.3 is 525 Å². The van der Waals surface area contributed by atoms with Gasteiger partial charge in [0, 0.05) is 0 Å². The van der Waals surface area contributed by atoms with Gasteiger partial charge in [-0.25, -0.2) is 0 Å². The third-order valence-electron chi connectivity index (χ3n) is 16.8. The van der Waals surface area contributed by atoms with E-state index in [2.05, 4.69) is 239 Å². The van der Waals surface area contributed by atoms with Crippen LogP contribution in [0.4, 0.5) is 0 Å². The number of rotatable bonds is 11. The van der Waals surface area contributed by atoms with Crippen molar-refractivity contribution < 1.29 is 53.5 Å². The number of fused-ring (bicyclic) bond motifs is 2. The van der Waals surface area contributed by atoms with E-state index in [0.29, 0.717) is 23.0 Å². The Morgan fingerprint density at radius 2 is 0.612 bits per heavy atom. The van der Waals surface area contributed by atoms with E-state index in [-0.39, 0.29) is 56.9 Å². The molecule has 0 spiro atoms. The Morgan fingerprint density at radius 3 is 0.882 bits per heavy atom. The molecular weight excluding hydrogens is 1140 g/mol. The quantitative estimate of drug-likeness (QED) is 0.0938. The molecule has 0 bridgehead atoms. The van der Waals surface area contributed by atoms with E-state index in [1.165, 1.54) is 10.6 Å². The fraction of sp³-hybridized carbons (Fsp3) is 0.514. The summed E-state index contributed by atoms with van der Waals surface area (Å²) in [6.07, 6.45) is 0. The molecule has 6 aromatic carbocycles. The van der Waals surface area contributed by atoms with Crippen LogP contribution in [0.2, 0.25) is 0 Å². The van der Waals surface area contributed by atoms with Crippen LogP contribution in [0, 0.1) is 0 Å². The summed E-state index contributed by atoms with van der Waals surface area (Å²) in [5.74, 6) is 2.26. The summed E-state index contributed by atoms with van der Waals surface area (Å²) in [4.78, 5) is 0. The average molecular weight is 1240 g/mol. The SMILES string of the molecule is COc1c(C(C)(C)C)cc(P(c2cc(C(C)(C)C)c(OC)c(C(C)(C)C)c2)c2ccc3c(c2-c2c([PH]([Cu])(c4cc(C(C)(C)C)c(OC)c(C(C)(C)C)c4)c4cc(C(C)(C)C)c(OC)c(C(C)(C)C)c4)ccc4c2OCO4)OCO3)cc1C(C)(C)C. The summed E-state index contributed by atoms with van der Waals surface area (Å²) >= 11 is 8.30.